The molecule has 0 saturated heterocycles. The molecular formula is C18H18N2O3. The summed E-state index contributed by atoms with van der Waals surface area (Å²) in [7, 11) is 1.70. The van der Waals surface area contributed by atoms with Gasteiger partial charge in [-0.15, -0.1) is 0 Å². The molecule has 0 aliphatic carbocycles. The molecule has 1 atom stereocenters. The first-order valence-electron chi connectivity index (χ1n) is 7.42. The Hall–Kier alpha value is -2.82. The van der Waals surface area contributed by atoms with Gasteiger partial charge in [0.2, 0.25) is 0 Å². The first kappa shape index (κ1) is 15.1. The second-order valence-electron chi connectivity index (χ2n) is 5.66. The van der Waals surface area contributed by atoms with Crippen LogP contribution in [0.2, 0.25) is 0 Å². The third-order valence-electron chi connectivity index (χ3n) is 3.87. The number of rotatable bonds is 2. The summed E-state index contributed by atoms with van der Waals surface area (Å²) >= 11 is 0. The maximum Gasteiger partial charge on any atom is 0.267 e. The highest BCUT2D eigenvalue weighted by Crippen LogP contribution is 2.35. The minimum absolute atomic E-state index is 0.112. The third-order valence-corrected chi connectivity index (χ3v) is 3.87. The van der Waals surface area contributed by atoms with E-state index < -0.39 is 6.10 Å². The molecule has 2 amide bonds. The van der Waals surface area contributed by atoms with Crippen molar-refractivity contribution in [1.29, 1.82) is 0 Å². The van der Waals surface area contributed by atoms with Crippen LogP contribution in [0.25, 0.3) is 0 Å². The van der Waals surface area contributed by atoms with Gasteiger partial charge >= 0.3 is 0 Å². The van der Waals surface area contributed by atoms with Crippen molar-refractivity contribution in [3.8, 4) is 5.75 Å². The van der Waals surface area contributed by atoms with E-state index in [1.54, 1.807) is 49.2 Å². The summed E-state index contributed by atoms with van der Waals surface area (Å²) in [5.41, 5.74) is 2.95. The standard InChI is InChI=1S/C18H18N2O3/c1-11-4-6-13(7-5-11)17(21)19-14-8-9-16-15(10-14)20(3)18(22)12(2)23-16/h4-10,12H,1-3H3,(H,19,21). The van der Waals surface area contributed by atoms with Gasteiger partial charge in [0.25, 0.3) is 11.8 Å². The molecule has 5 nitrogen and oxygen atoms in total. The van der Waals surface area contributed by atoms with Crippen molar-refractivity contribution < 1.29 is 14.3 Å². The van der Waals surface area contributed by atoms with Crippen molar-refractivity contribution in [2.24, 2.45) is 0 Å². The lowest BCUT2D eigenvalue weighted by atomic mass is 10.1. The van der Waals surface area contributed by atoms with Gasteiger partial charge in [0.15, 0.2) is 6.10 Å². The largest absolute Gasteiger partial charge is 0.479 e. The zero-order valence-electron chi connectivity index (χ0n) is 13.3. The molecule has 0 aromatic heterocycles. The van der Waals surface area contributed by atoms with Crippen LogP contribution in [0, 0.1) is 6.92 Å². The van der Waals surface area contributed by atoms with Crippen molar-refractivity contribution in [1.82, 2.24) is 0 Å². The van der Waals surface area contributed by atoms with E-state index in [-0.39, 0.29) is 11.8 Å². The van der Waals surface area contributed by atoms with E-state index in [1.165, 1.54) is 0 Å². The Morgan fingerprint density at radius 3 is 2.57 bits per heavy atom. The van der Waals surface area contributed by atoms with Gasteiger partial charge in [0, 0.05) is 18.3 Å². The van der Waals surface area contributed by atoms with E-state index in [1.807, 2.05) is 19.1 Å². The maximum atomic E-state index is 12.3. The molecule has 1 aliphatic rings. The number of nitrogens with zero attached hydrogens (tertiary/aromatic N) is 1. The monoisotopic (exact) mass is 310 g/mol. The lowest BCUT2D eigenvalue weighted by molar-refractivity contribution is -0.125. The van der Waals surface area contributed by atoms with Crippen LogP contribution in [0.4, 0.5) is 11.4 Å². The smallest absolute Gasteiger partial charge is 0.267 e. The molecule has 0 spiro atoms. The molecule has 3 rings (SSSR count). The van der Waals surface area contributed by atoms with E-state index in [0.717, 1.165) is 5.56 Å². The predicted octanol–water partition coefficient (Wildman–Crippen LogP) is 2.99. The molecule has 0 radical (unpaired) electrons. The van der Waals surface area contributed by atoms with Gasteiger partial charge in [-0.1, -0.05) is 17.7 Å². The lowest BCUT2D eigenvalue weighted by Gasteiger charge is -2.30. The molecule has 1 heterocycles. The Bertz CT molecular complexity index is 768. The number of fused-ring (bicyclic) bond motifs is 1. The molecule has 118 valence electrons. The zero-order chi connectivity index (χ0) is 16.6. The Balaban J connectivity index is 1.83. The molecule has 5 heteroatoms. The minimum atomic E-state index is -0.500. The van der Waals surface area contributed by atoms with Crippen molar-refractivity contribution in [2.45, 2.75) is 20.0 Å². The highest BCUT2D eigenvalue weighted by molar-refractivity contribution is 6.05. The number of carbonyl (C=O) groups excluding carboxylic acids is 2. The molecule has 0 fully saturated rings. The molecule has 0 saturated carbocycles. The molecule has 23 heavy (non-hydrogen) atoms. The zero-order valence-corrected chi connectivity index (χ0v) is 13.3. The first-order chi connectivity index (χ1) is 11.0. The molecule has 1 N–H and O–H groups in total. The summed E-state index contributed by atoms with van der Waals surface area (Å²) in [6.45, 7) is 3.69. The summed E-state index contributed by atoms with van der Waals surface area (Å²) < 4.78 is 5.57. The molecule has 2 aromatic carbocycles. The Kier molecular flexibility index (Phi) is 3.78. The predicted molar refractivity (Wildman–Crippen MR) is 89.1 cm³/mol. The fraction of sp³-hybridized carbons (Fsp3) is 0.222. The maximum absolute atomic E-state index is 12.3. The normalized spacial score (nSPS) is 16.6. The summed E-state index contributed by atoms with van der Waals surface area (Å²) in [5, 5.41) is 2.84. The van der Waals surface area contributed by atoms with E-state index >= 15 is 0 Å². The molecule has 2 aromatic rings. The highest BCUT2D eigenvalue weighted by Gasteiger charge is 2.29. The van der Waals surface area contributed by atoms with Crippen LogP contribution in [-0.2, 0) is 4.79 Å². The summed E-state index contributed by atoms with van der Waals surface area (Å²) in [5.74, 6) is 0.330. The molecule has 1 aliphatic heterocycles. The van der Waals surface area contributed by atoms with Gasteiger partial charge in [-0.25, -0.2) is 0 Å². The van der Waals surface area contributed by atoms with E-state index in [2.05, 4.69) is 5.32 Å². The average molecular weight is 310 g/mol. The average Bonchev–Trinajstić information content (AvgIpc) is 2.54. The Labute approximate surface area is 134 Å². The van der Waals surface area contributed by atoms with Gasteiger partial charge in [0.1, 0.15) is 5.75 Å². The van der Waals surface area contributed by atoms with Crippen LogP contribution in [0.5, 0.6) is 5.75 Å². The number of hydrogen-bond acceptors (Lipinski definition) is 3. The number of amides is 2. The van der Waals surface area contributed by atoms with E-state index in [9.17, 15) is 9.59 Å². The summed E-state index contributed by atoms with van der Waals surface area (Å²) in [4.78, 5) is 25.8. The van der Waals surface area contributed by atoms with Gasteiger partial charge in [-0.2, -0.15) is 0 Å². The lowest BCUT2D eigenvalue weighted by Crippen LogP contribution is -2.41. The van der Waals surface area contributed by atoms with Crippen LogP contribution in [0.15, 0.2) is 42.5 Å². The number of ether oxygens (including phenoxy) is 1. The molecule has 1 unspecified atom stereocenters. The number of likely N-dealkylation sites (N-methyl/N-ethyl adjacent to an activating group) is 1. The number of carbonyl (C=O) groups is 2. The number of aryl methyl sites for hydroxylation is 1. The Morgan fingerprint density at radius 2 is 1.87 bits per heavy atom. The summed E-state index contributed by atoms with van der Waals surface area (Å²) in [6, 6.07) is 12.6. The quantitative estimate of drug-likeness (QED) is 0.927. The number of hydrogen-bond donors (Lipinski definition) is 1. The van der Waals surface area contributed by atoms with Crippen LogP contribution >= 0.6 is 0 Å². The van der Waals surface area contributed by atoms with Gasteiger partial charge in [-0.05, 0) is 44.2 Å². The van der Waals surface area contributed by atoms with Crippen LogP contribution in [-0.4, -0.2) is 25.0 Å². The first-order valence-corrected chi connectivity index (χ1v) is 7.42. The van der Waals surface area contributed by atoms with Crippen LogP contribution in [0.1, 0.15) is 22.8 Å². The molecule has 0 bridgehead atoms. The fourth-order valence-electron chi connectivity index (χ4n) is 2.50. The third kappa shape index (κ3) is 2.90. The highest BCUT2D eigenvalue weighted by atomic mass is 16.5. The van der Waals surface area contributed by atoms with Crippen molar-refractivity contribution in [2.75, 3.05) is 17.3 Å². The molecular weight excluding hydrogens is 292 g/mol. The van der Waals surface area contributed by atoms with Crippen LogP contribution < -0.4 is 15.0 Å². The van der Waals surface area contributed by atoms with E-state index in [4.69, 9.17) is 4.74 Å². The fourth-order valence-corrected chi connectivity index (χ4v) is 2.50. The van der Waals surface area contributed by atoms with Crippen molar-refractivity contribution >= 4 is 23.2 Å². The van der Waals surface area contributed by atoms with Crippen molar-refractivity contribution in [3.05, 3.63) is 53.6 Å². The Morgan fingerprint density at radius 1 is 1.17 bits per heavy atom. The second-order valence-corrected chi connectivity index (χ2v) is 5.66. The van der Waals surface area contributed by atoms with Gasteiger partial charge in [-0.3, -0.25) is 9.59 Å². The second kappa shape index (κ2) is 5.76. The van der Waals surface area contributed by atoms with Gasteiger partial charge in [0.05, 0.1) is 5.69 Å². The van der Waals surface area contributed by atoms with Crippen molar-refractivity contribution in [3.63, 3.8) is 0 Å². The SMILES string of the molecule is Cc1ccc(C(=O)Nc2ccc3c(c2)N(C)C(=O)C(C)O3)cc1. The number of nitrogens with one attached hydrogen (secondary N) is 1. The topological polar surface area (TPSA) is 58.6 Å². The minimum Gasteiger partial charge on any atom is -0.479 e. The number of anilines is 2. The van der Waals surface area contributed by atoms with E-state index in [0.29, 0.717) is 22.7 Å². The van der Waals surface area contributed by atoms with Crippen LogP contribution in [0.3, 0.4) is 0 Å². The van der Waals surface area contributed by atoms with Gasteiger partial charge < -0.3 is 15.0 Å². The number of benzene rings is 2. The summed E-state index contributed by atoms with van der Waals surface area (Å²) in [6.07, 6.45) is -0.500.